The lowest BCUT2D eigenvalue weighted by Crippen LogP contribution is -2.22. The molecule has 0 aromatic heterocycles. The Bertz CT molecular complexity index is 471. The van der Waals surface area contributed by atoms with Crippen LogP contribution in [0.4, 0.5) is 5.69 Å². The van der Waals surface area contributed by atoms with Crippen LogP contribution in [0.15, 0.2) is 18.2 Å². The fraction of sp³-hybridized carbons (Fsp3) is 0.500. The van der Waals surface area contributed by atoms with E-state index in [1.807, 2.05) is 18.2 Å². The predicted molar refractivity (Wildman–Crippen MR) is 69.3 cm³/mol. The molecule has 1 aromatic carbocycles. The molecule has 2 aliphatic rings. The lowest BCUT2D eigenvalue weighted by molar-refractivity contribution is -0.118. The number of hydrogen-bond acceptors (Lipinski definition) is 1. The van der Waals surface area contributed by atoms with Crippen LogP contribution in [0.2, 0.25) is 5.02 Å². The van der Waals surface area contributed by atoms with Crippen LogP contribution in [-0.2, 0) is 4.79 Å². The lowest BCUT2D eigenvalue weighted by Gasteiger charge is -2.21. The third kappa shape index (κ3) is 1.66. The van der Waals surface area contributed by atoms with Crippen LogP contribution in [-0.4, -0.2) is 5.91 Å². The monoisotopic (exact) mass is 249 g/mol. The standard InChI is InChI=1S/C14H16ClNO/c1-8-4-2-5-9(8)12-10-6-3-7-11(15)13(10)16-14(12)17/h3,6-9,12H,2,4-5H2,1H3,(H,16,17). The SMILES string of the molecule is CC1CCCC1C1C(=O)Nc2c(Cl)cccc21. The summed E-state index contributed by atoms with van der Waals surface area (Å²) in [6, 6.07) is 5.81. The number of halogens is 1. The molecule has 90 valence electrons. The highest BCUT2D eigenvalue weighted by atomic mass is 35.5. The van der Waals surface area contributed by atoms with E-state index in [0.717, 1.165) is 17.7 Å². The molecule has 1 N–H and O–H groups in total. The van der Waals surface area contributed by atoms with Gasteiger partial charge >= 0.3 is 0 Å². The summed E-state index contributed by atoms with van der Waals surface area (Å²) >= 11 is 6.13. The summed E-state index contributed by atoms with van der Waals surface area (Å²) in [5, 5.41) is 3.60. The van der Waals surface area contributed by atoms with Crippen LogP contribution in [0.25, 0.3) is 0 Å². The maximum Gasteiger partial charge on any atom is 0.232 e. The van der Waals surface area contributed by atoms with E-state index in [1.54, 1.807) is 0 Å². The van der Waals surface area contributed by atoms with Crippen molar-refractivity contribution < 1.29 is 4.79 Å². The van der Waals surface area contributed by atoms with E-state index in [4.69, 9.17) is 11.6 Å². The molecule has 0 saturated heterocycles. The summed E-state index contributed by atoms with van der Waals surface area (Å²) in [5.74, 6) is 1.26. The van der Waals surface area contributed by atoms with E-state index in [0.29, 0.717) is 16.9 Å². The molecule has 0 radical (unpaired) electrons. The number of anilines is 1. The van der Waals surface area contributed by atoms with Crippen molar-refractivity contribution in [2.45, 2.75) is 32.1 Å². The van der Waals surface area contributed by atoms with Crippen LogP contribution < -0.4 is 5.32 Å². The van der Waals surface area contributed by atoms with Gasteiger partial charge in [-0.15, -0.1) is 0 Å². The zero-order valence-electron chi connectivity index (χ0n) is 9.87. The van der Waals surface area contributed by atoms with Gasteiger partial charge < -0.3 is 5.32 Å². The second-order valence-electron chi connectivity index (χ2n) is 5.24. The molecule has 1 aliphatic heterocycles. The van der Waals surface area contributed by atoms with Gasteiger partial charge in [-0.1, -0.05) is 43.5 Å². The summed E-state index contributed by atoms with van der Waals surface area (Å²) in [6.45, 7) is 2.26. The number of amides is 1. The third-order valence-electron chi connectivity index (χ3n) is 4.27. The largest absolute Gasteiger partial charge is 0.324 e. The maximum absolute atomic E-state index is 12.1. The average molecular weight is 250 g/mol. The van der Waals surface area contributed by atoms with E-state index in [-0.39, 0.29) is 11.8 Å². The minimum Gasteiger partial charge on any atom is -0.324 e. The molecule has 0 bridgehead atoms. The molecule has 3 unspecified atom stereocenters. The van der Waals surface area contributed by atoms with E-state index in [1.165, 1.54) is 12.8 Å². The Morgan fingerprint density at radius 3 is 2.88 bits per heavy atom. The Balaban J connectivity index is 2.02. The molecule has 1 saturated carbocycles. The quantitative estimate of drug-likeness (QED) is 0.806. The van der Waals surface area contributed by atoms with Crippen molar-refractivity contribution in [1.29, 1.82) is 0 Å². The van der Waals surface area contributed by atoms with Gasteiger partial charge in [-0.25, -0.2) is 0 Å². The van der Waals surface area contributed by atoms with Crippen molar-refractivity contribution in [3.63, 3.8) is 0 Å². The van der Waals surface area contributed by atoms with Crippen LogP contribution in [0, 0.1) is 11.8 Å². The summed E-state index contributed by atoms with van der Waals surface area (Å²) < 4.78 is 0. The number of nitrogens with one attached hydrogen (secondary N) is 1. The molecular weight excluding hydrogens is 234 g/mol. The van der Waals surface area contributed by atoms with Gasteiger partial charge in [0.25, 0.3) is 0 Å². The first kappa shape index (κ1) is 11.1. The number of rotatable bonds is 1. The summed E-state index contributed by atoms with van der Waals surface area (Å²) in [4.78, 5) is 12.1. The van der Waals surface area contributed by atoms with Crippen LogP contribution in [0.5, 0.6) is 0 Å². The molecule has 1 aromatic rings. The second kappa shape index (κ2) is 4.02. The minimum atomic E-state index is 0.0150. The van der Waals surface area contributed by atoms with Gasteiger partial charge in [0, 0.05) is 0 Å². The van der Waals surface area contributed by atoms with Crippen molar-refractivity contribution in [2.75, 3.05) is 5.32 Å². The van der Waals surface area contributed by atoms with Gasteiger partial charge in [0.2, 0.25) is 5.91 Å². The fourth-order valence-electron chi connectivity index (χ4n) is 3.37. The molecule has 3 heteroatoms. The van der Waals surface area contributed by atoms with E-state index in [9.17, 15) is 4.79 Å². The fourth-order valence-corrected chi connectivity index (χ4v) is 3.60. The molecule has 1 fully saturated rings. The van der Waals surface area contributed by atoms with Gasteiger partial charge in [0.15, 0.2) is 0 Å². The van der Waals surface area contributed by atoms with E-state index in [2.05, 4.69) is 12.2 Å². The Hall–Kier alpha value is -1.02. The Labute approximate surface area is 106 Å². The Kier molecular flexibility index (Phi) is 2.62. The average Bonchev–Trinajstić information content (AvgIpc) is 2.83. The molecule has 1 heterocycles. The smallest absolute Gasteiger partial charge is 0.232 e. The number of fused-ring (bicyclic) bond motifs is 1. The van der Waals surface area contributed by atoms with Crippen molar-refractivity contribution in [2.24, 2.45) is 11.8 Å². The summed E-state index contributed by atoms with van der Waals surface area (Å²) in [6.07, 6.45) is 3.64. The van der Waals surface area contributed by atoms with Crippen LogP contribution >= 0.6 is 11.6 Å². The first-order valence-electron chi connectivity index (χ1n) is 6.27. The van der Waals surface area contributed by atoms with Gasteiger partial charge in [-0.3, -0.25) is 4.79 Å². The number of benzene rings is 1. The minimum absolute atomic E-state index is 0.0150. The zero-order valence-corrected chi connectivity index (χ0v) is 10.6. The van der Waals surface area contributed by atoms with Gasteiger partial charge in [-0.05, 0) is 29.9 Å². The molecule has 1 aliphatic carbocycles. The summed E-state index contributed by atoms with van der Waals surface area (Å²) in [7, 11) is 0. The molecule has 0 spiro atoms. The molecule has 3 atom stereocenters. The number of hydrogen-bond donors (Lipinski definition) is 1. The molecule has 17 heavy (non-hydrogen) atoms. The molecular formula is C14H16ClNO. The highest BCUT2D eigenvalue weighted by Crippen LogP contribution is 2.48. The van der Waals surface area contributed by atoms with E-state index >= 15 is 0 Å². The van der Waals surface area contributed by atoms with Gasteiger partial charge in [0.05, 0.1) is 16.6 Å². The van der Waals surface area contributed by atoms with E-state index < -0.39 is 0 Å². The Morgan fingerprint density at radius 2 is 2.18 bits per heavy atom. The summed E-state index contributed by atoms with van der Waals surface area (Å²) in [5.41, 5.74) is 1.93. The highest BCUT2D eigenvalue weighted by Gasteiger charge is 2.41. The number of carbonyl (C=O) groups excluding carboxylic acids is 1. The maximum atomic E-state index is 12.1. The number of para-hydroxylation sites is 1. The van der Waals surface area contributed by atoms with Crippen molar-refractivity contribution >= 4 is 23.2 Å². The normalized spacial score (nSPS) is 31.4. The first-order chi connectivity index (χ1) is 8.18. The highest BCUT2D eigenvalue weighted by molar-refractivity contribution is 6.34. The predicted octanol–water partition coefficient (Wildman–Crippen LogP) is 3.81. The number of carbonyl (C=O) groups is 1. The lowest BCUT2D eigenvalue weighted by atomic mass is 9.81. The second-order valence-corrected chi connectivity index (χ2v) is 5.65. The van der Waals surface area contributed by atoms with Crippen molar-refractivity contribution in [1.82, 2.24) is 0 Å². The first-order valence-corrected chi connectivity index (χ1v) is 6.65. The molecule has 3 rings (SSSR count). The van der Waals surface area contributed by atoms with Gasteiger partial charge in [-0.2, -0.15) is 0 Å². The molecule has 2 nitrogen and oxygen atoms in total. The Morgan fingerprint density at radius 1 is 1.35 bits per heavy atom. The van der Waals surface area contributed by atoms with Crippen molar-refractivity contribution in [3.8, 4) is 0 Å². The topological polar surface area (TPSA) is 29.1 Å². The van der Waals surface area contributed by atoms with Crippen molar-refractivity contribution in [3.05, 3.63) is 28.8 Å². The third-order valence-corrected chi connectivity index (χ3v) is 4.58. The van der Waals surface area contributed by atoms with Gasteiger partial charge in [0.1, 0.15) is 0 Å². The van der Waals surface area contributed by atoms with Crippen LogP contribution in [0.1, 0.15) is 37.7 Å². The zero-order chi connectivity index (χ0) is 12.0. The molecule has 1 amide bonds. The van der Waals surface area contributed by atoms with Crippen LogP contribution in [0.3, 0.4) is 0 Å².